The molecule has 0 heterocycles. The summed E-state index contributed by atoms with van der Waals surface area (Å²) in [5, 5.41) is 4.65. The lowest BCUT2D eigenvalue weighted by Crippen LogP contribution is -2.43. The molecule has 0 aliphatic heterocycles. The van der Waals surface area contributed by atoms with E-state index in [0.717, 1.165) is 0 Å². The number of carbonyl (C=O) groups is 3. The molecule has 0 aliphatic rings. The van der Waals surface area contributed by atoms with Crippen molar-refractivity contribution >= 4 is 17.9 Å². The van der Waals surface area contributed by atoms with Crippen LogP contribution in [0.4, 0.5) is 4.79 Å². The van der Waals surface area contributed by atoms with E-state index in [1.165, 1.54) is 0 Å². The molecular formula is C21H24N2O5. The molecule has 0 aromatic heterocycles. The molecule has 7 nitrogen and oxygen atoms in total. The number of carbonyl (C=O) groups excluding carboxylic acids is 3. The molecule has 2 aromatic carbocycles. The predicted molar refractivity (Wildman–Crippen MR) is 104 cm³/mol. The van der Waals surface area contributed by atoms with Crippen molar-refractivity contribution in [1.82, 2.24) is 10.6 Å². The maximum Gasteiger partial charge on any atom is 0.348 e. The zero-order valence-electron chi connectivity index (χ0n) is 15.9. The van der Waals surface area contributed by atoms with Gasteiger partial charge in [-0.15, -0.1) is 0 Å². The van der Waals surface area contributed by atoms with Gasteiger partial charge in [0.15, 0.2) is 6.10 Å². The van der Waals surface area contributed by atoms with Crippen LogP contribution in [0.2, 0.25) is 0 Å². The zero-order valence-corrected chi connectivity index (χ0v) is 15.9. The third-order valence-corrected chi connectivity index (χ3v) is 3.80. The van der Waals surface area contributed by atoms with Crippen molar-refractivity contribution in [2.45, 2.75) is 32.5 Å². The third-order valence-electron chi connectivity index (χ3n) is 3.80. The summed E-state index contributed by atoms with van der Waals surface area (Å²) < 4.78 is 11.1. The lowest BCUT2D eigenvalue weighted by molar-refractivity contribution is -0.163. The molecule has 0 unspecified atom stereocenters. The first-order valence-electron chi connectivity index (χ1n) is 9.11. The smallest absolute Gasteiger partial charge is 0.348 e. The van der Waals surface area contributed by atoms with Crippen LogP contribution < -0.4 is 15.4 Å². The number of hydrogen-bond acceptors (Lipinski definition) is 5. The Kier molecular flexibility index (Phi) is 8.02. The van der Waals surface area contributed by atoms with Gasteiger partial charge in [0.25, 0.3) is 5.91 Å². The zero-order chi connectivity index (χ0) is 20.4. The van der Waals surface area contributed by atoms with E-state index in [9.17, 15) is 14.4 Å². The lowest BCUT2D eigenvalue weighted by Gasteiger charge is -2.21. The van der Waals surface area contributed by atoms with E-state index in [1.807, 2.05) is 6.07 Å². The summed E-state index contributed by atoms with van der Waals surface area (Å²) in [5.74, 6) is -0.902. The molecule has 0 saturated heterocycles. The first-order valence-corrected chi connectivity index (χ1v) is 9.11. The molecule has 0 aliphatic carbocycles. The fraction of sp³-hybridized carbons (Fsp3) is 0.286. The average molecular weight is 384 g/mol. The topological polar surface area (TPSA) is 93.7 Å². The summed E-state index contributed by atoms with van der Waals surface area (Å²) in [7, 11) is 0. The predicted octanol–water partition coefficient (Wildman–Crippen LogP) is 2.97. The molecule has 28 heavy (non-hydrogen) atoms. The van der Waals surface area contributed by atoms with E-state index in [4.69, 9.17) is 9.47 Å². The summed E-state index contributed by atoms with van der Waals surface area (Å²) in [4.78, 5) is 36.9. The Morgan fingerprint density at radius 2 is 1.54 bits per heavy atom. The number of esters is 1. The molecule has 2 aromatic rings. The van der Waals surface area contributed by atoms with Crippen molar-refractivity contribution in [1.29, 1.82) is 0 Å². The summed E-state index contributed by atoms with van der Waals surface area (Å²) >= 11 is 0. The summed E-state index contributed by atoms with van der Waals surface area (Å²) in [6, 6.07) is 16.7. The van der Waals surface area contributed by atoms with Crippen molar-refractivity contribution < 1.29 is 23.9 Å². The SMILES string of the molecule is CCNC(=O)NC(=O)[C@H](OC(=O)[C@@H](CC)Oc1ccccc1)c1ccccc1. The van der Waals surface area contributed by atoms with Crippen molar-refractivity contribution in [2.24, 2.45) is 0 Å². The minimum absolute atomic E-state index is 0.354. The third kappa shape index (κ3) is 6.12. The molecule has 7 heteroatoms. The fourth-order valence-corrected chi connectivity index (χ4v) is 2.44. The Morgan fingerprint density at radius 1 is 0.929 bits per heavy atom. The van der Waals surface area contributed by atoms with Gasteiger partial charge in [0, 0.05) is 12.1 Å². The van der Waals surface area contributed by atoms with Gasteiger partial charge in [-0.2, -0.15) is 0 Å². The first kappa shape index (κ1) is 21.0. The van der Waals surface area contributed by atoms with Crippen LogP contribution in [0, 0.1) is 0 Å². The highest BCUT2D eigenvalue weighted by atomic mass is 16.6. The molecule has 3 amide bonds. The second-order valence-electron chi connectivity index (χ2n) is 5.90. The van der Waals surface area contributed by atoms with E-state index in [1.54, 1.807) is 68.4 Å². The van der Waals surface area contributed by atoms with Gasteiger partial charge in [-0.1, -0.05) is 55.5 Å². The van der Waals surface area contributed by atoms with Crippen LogP contribution in [0.3, 0.4) is 0 Å². The Labute approximate surface area is 164 Å². The van der Waals surface area contributed by atoms with Crippen molar-refractivity contribution in [3.63, 3.8) is 0 Å². The van der Waals surface area contributed by atoms with Crippen LogP contribution in [-0.2, 0) is 14.3 Å². The van der Waals surface area contributed by atoms with Crippen molar-refractivity contribution in [2.75, 3.05) is 6.54 Å². The molecule has 0 bridgehead atoms. The van der Waals surface area contributed by atoms with Gasteiger partial charge in [0.05, 0.1) is 0 Å². The van der Waals surface area contributed by atoms with Gasteiger partial charge < -0.3 is 14.8 Å². The fourth-order valence-electron chi connectivity index (χ4n) is 2.44. The van der Waals surface area contributed by atoms with Crippen LogP contribution >= 0.6 is 0 Å². The van der Waals surface area contributed by atoms with Gasteiger partial charge in [0.1, 0.15) is 5.75 Å². The van der Waals surface area contributed by atoms with E-state index < -0.39 is 30.1 Å². The Morgan fingerprint density at radius 3 is 2.11 bits per heavy atom. The number of ether oxygens (including phenoxy) is 2. The van der Waals surface area contributed by atoms with Crippen LogP contribution in [0.15, 0.2) is 60.7 Å². The Bertz CT molecular complexity index is 780. The van der Waals surface area contributed by atoms with E-state index >= 15 is 0 Å². The van der Waals surface area contributed by atoms with Crippen LogP contribution in [-0.4, -0.2) is 30.6 Å². The molecule has 0 spiro atoms. The summed E-state index contributed by atoms with van der Waals surface area (Å²) in [5.41, 5.74) is 0.451. The Balaban J connectivity index is 2.15. The minimum atomic E-state index is -1.27. The second-order valence-corrected chi connectivity index (χ2v) is 5.90. The minimum Gasteiger partial charge on any atom is -0.479 e. The molecular weight excluding hydrogens is 360 g/mol. The normalized spacial score (nSPS) is 12.4. The molecule has 2 atom stereocenters. The molecule has 148 valence electrons. The standard InChI is InChI=1S/C21H24N2O5/c1-3-17(27-16-13-9-6-10-14-16)20(25)28-18(15-11-7-5-8-12-15)19(24)23-21(26)22-4-2/h5-14,17-18H,3-4H2,1-2H3,(H2,22,23,24,26)/t17-,18-/m1/s1. The number of nitrogens with one attached hydrogen (secondary N) is 2. The van der Waals surface area contributed by atoms with Crippen molar-refractivity contribution in [3.8, 4) is 5.75 Å². The van der Waals surface area contributed by atoms with Gasteiger partial charge in [-0.25, -0.2) is 9.59 Å². The Hall–Kier alpha value is -3.35. The molecule has 0 saturated carbocycles. The molecule has 0 fully saturated rings. The van der Waals surface area contributed by atoms with E-state index in [2.05, 4.69) is 10.6 Å². The second kappa shape index (κ2) is 10.7. The number of amides is 3. The van der Waals surface area contributed by atoms with Crippen LogP contribution in [0.1, 0.15) is 31.9 Å². The van der Waals surface area contributed by atoms with Gasteiger partial charge >= 0.3 is 12.0 Å². The number of hydrogen-bond donors (Lipinski definition) is 2. The largest absolute Gasteiger partial charge is 0.479 e. The number of urea groups is 1. The van der Waals surface area contributed by atoms with Crippen LogP contribution in [0.5, 0.6) is 5.75 Å². The number of para-hydroxylation sites is 1. The maximum atomic E-state index is 12.7. The molecule has 2 N–H and O–H groups in total. The highest BCUT2D eigenvalue weighted by molar-refractivity contribution is 5.97. The highest BCUT2D eigenvalue weighted by Gasteiger charge is 2.30. The van der Waals surface area contributed by atoms with E-state index in [-0.39, 0.29) is 0 Å². The van der Waals surface area contributed by atoms with Crippen molar-refractivity contribution in [3.05, 3.63) is 66.2 Å². The first-order chi connectivity index (χ1) is 13.5. The number of benzene rings is 2. The number of rotatable bonds is 8. The van der Waals surface area contributed by atoms with Gasteiger partial charge in [-0.05, 0) is 25.5 Å². The lowest BCUT2D eigenvalue weighted by atomic mass is 10.1. The summed E-state index contributed by atoms with van der Waals surface area (Å²) in [6.07, 6.45) is -1.80. The highest BCUT2D eigenvalue weighted by Crippen LogP contribution is 2.20. The quantitative estimate of drug-likeness (QED) is 0.683. The summed E-state index contributed by atoms with van der Waals surface area (Å²) in [6.45, 7) is 3.87. The van der Waals surface area contributed by atoms with Gasteiger partial charge in [-0.3, -0.25) is 10.1 Å². The monoisotopic (exact) mass is 384 g/mol. The molecule has 0 radical (unpaired) electrons. The van der Waals surface area contributed by atoms with Gasteiger partial charge in [0.2, 0.25) is 6.10 Å². The van der Waals surface area contributed by atoms with Crippen LogP contribution in [0.25, 0.3) is 0 Å². The maximum absolute atomic E-state index is 12.7. The average Bonchev–Trinajstić information content (AvgIpc) is 2.71. The number of imide groups is 1. The molecule has 2 rings (SSSR count). The van der Waals surface area contributed by atoms with E-state index in [0.29, 0.717) is 24.3 Å².